The van der Waals surface area contributed by atoms with Crippen LogP contribution in [0.1, 0.15) is 25.3 Å². The highest BCUT2D eigenvalue weighted by atomic mass is 32.2. The Morgan fingerprint density at radius 3 is 2.68 bits per heavy atom. The number of nitrogens with one attached hydrogen (secondary N) is 1. The van der Waals surface area contributed by atoms with Crippen LogP contribution in [0.5, 0.6) is 0 Å². The number of para-hydroxylation sites is 1. The molecular formula is C24H25FN2O3S. The number of hydrogen-bond acceptors (Lipinski definition) is 4. The summed E-state index contributed by atoms with van der Waals surface area (Å²) in [6.45, 7) is 3.29. The fourth-order valence-electron chi connectivity index (χ4n) is 3.97. The molecule has 0 unspecified atom stereocenters. The van der Waals surface area contributed by atoms with E-state index in [0.29, 0.717) is 32.5 Å². The standard InChI is InChI=1S/C24H25FN2O3S/c1-2-30-24(29)16-10-12-27(13-11-16)22(28)15-20-19-8-3-4-9-21(19)26-23(20)31-18-7-5-6-17(25)14-18/h3-9,14,16,26H,2,10-13,15H2,1H3. The van der Waals surface area contributed by atoms with Gasteiger partial charge in [-0.3, -0.25) is 9.59 Å². The number of hydrogen-bond donors (Lipinski definition) is 1. The molecule has 1 fully saturated rings. The predicted molar refractivity (Wildman–Crippen MR) is 118 cm³/mol. The number of nitrogens with zero attached hydrogens (tertiary/aromatic N) is 1. The fourth-order valence-corrected chi connectivity index (χ4v) is 4.99. The Balaban J connectivity index is 1.51. The Morgan fingerprint density at radius 1 is 1.16 bits per heavy atom. The number of amides is 1. The maximum absolute atomic E-state index is 13.6. The van der Waals surface area contributed by atoms with Crippen LogP contribution in [0.15, 0.2) is 58.5 Å². The number of esters is 1. The van der Waals surface area contributed by atoms with E-state index in [0.717, 1.165) is 26.4 Å². The molecule has 1 N–H and O–H groups in total. The monoisotopic (exact) mass is 440 g/mol. The Bertz CT molecular complexity index is 1090. The number of carbonyl (C=O) groups excluding carboxylic acids is 2. The normalized spacial score (nSPS) is 14.7. The first kappa shape index (κ1) is 21.4. The number of ether oxygens (including phenoxy) is 1. The lowest BCUT2D eigenvalue weighted by molar-refractivity contribution is -0.151. The van der Waals surface area contributed by atoms with E-state index in [1.807, 2.05) is 35.2 Å². The number of piperidine rings is 1. The molecule has 31 heavy (non-hydrogen) atoms. The SMILES string of the molecule is CCOC(=O)C1CCN(C(=O)Cc2c(Sc3cccc(F)c3)[nH]c3ccccc23)CC1. The summed E-state index contributed by atoms with van der Waals surface area (Å²) in [7, 11) is 0. The van der Waals surface area contributed by atoms with Crippen molar-refractivity contribution in [3.05, 3.63) is 59.9 Å². The zero-order valence-electron chi connectivity index (χ0n) is 17.4. The number of benzene rings is 2. The van der Waals surface area contributed by atoms with E-state index in [1.54, 1.807) is 13.0 Å². The van der Waals surface area contributed by atoms with Crippen LogP contribution < -0.4 is 0 Å². The lowest BCUT2D eigenvalue weighted by Crippen LogP contribution is -2.41. The first-order valence-electron chi connectivity index (χ1n) is 10.5. The van der Waals surface area contributed by atoms with Crippen molar-refractivity contribution in [2.75, 3.05) is 19.7 Å². The van der Waals surface area contributed by atoms with Crippen molar-refractivity contribution >= 4 is 34.5 Å². The molecule has 0 bridgehead atoms. The van der Waals surface area contributed by atoms with Gasteiger partial charge < -0.3 is 14.6 Å². The van der Waals surface area contributed by atoms with Gasteiger partial charge in [0.05, 0.1) is 24.0 Å². The molecule has 1 aliphatic rings. The van der Waals surface area contributed by atoms with Crippen molar-refractivity contribution in [1.82, 2.24) is 9.88 Å². The van der Waals surface area contributed by atoms with Gasteiger partial charge in [-0.1, -0.05) is 36.0 Å². The Morgan fingerprint density at radius 2 is 1.94 bits per heavy atom. The number of likely N-dealkylation sites (tertiary alicyclic amines) is 1. The number of rotatable bonds is 6. The molecule has 1 aromatic heterocycles. The van der Waals surface area contributed by atoms with Crippen molar-refractivity contribution in [2.45, 2.75) is 36.1 Å². The van der Waals surface area contributed by atoms with Crippen LogP contribution in [0.25, 0.3) is 10.9 Å². The van der Waals surface area contributed by atoms with Crippen molar-refractivity contribution in [1.29, 1.82) is 0 Å². The van der Waals surface area contributed by atoms with Gasteiger partial charge in [0.1, 0.15) is 5.82 Å². The fraction of sp³-hybridized carbons (Fsp3) is 0.333. The molecule has 0 radical (unpaired) electrons. The summed E-state index contributed by atoms with van der Waals surface area (Å²) in [5.41, 5.74) is 1.87. The molecule has 2 heterocycles. The zero-order chi connectivity index (χ0) is 21.8. The van der Waals surface area contributed by atoms with Crippen LogP contribution in [0.3, 0.4) is 0 Å². The molecule has 7 heteroatoms. The van der Waals surface area contributed by atoms with Gasteiger partial charge in [-0.05, 0) is 44.0 Å². The highest BCUT2D eigenvalue weighted by Crippen LogP contribution is 2.35. The number of aromatic amines is 1. The van der Waals surface area contributed by atoms with Crippen LogP contribution in [0, 0.1) is 11.7 Å². The van der Waals surface area contributed by atoms with E-state index in [4.69, 9.17) is 4.74 Å². The van der Waals surface area contributed by atoms with E-state index in [1.165, 1.54) is 23.9 Å². The molecule has 0 spiro atoms. The second kappa shape index (κ2) is 9.56. The average molecular weight is 441 g/mol. The summed E-state index contributed by atoms with van der Waals surface area (Å²) in [4.78, 5) is 31.0. The van der Waals surface area contributed by atoms with Gasteiger partial charge in [0, 0.05) is 34.5 Å². The third-order valence-corrected chi connectivity index (χ3v) is 6.63. The predicted octanol–water partition coefficient (Wildman–Crippen LogP) is 4.80. The highest BCUT2D eigenvalue weighted by Gasteiger charge is 2.29. The summed E-state index contributed by atoms with van der Waals surface area (Å²) >= 11 is 1.43. The molecule has 3 aromatic rings. The molecule has 1 saturated heterocycles. The van der Waals surface area contributed by atoms with Gasteiger partial charge in [-0.15, -0.1) is 0 Å². The Labute approximate surface area is 185 Å². The van der Waals surface area contributed by atoms with E-state index in [-0.39, 0.29) is 30.0 Å². The summed E-state index contributed by atoms with van der Waals surface area (Å²) < 4.78 is 18.8. The zero-order valence-corrected chi connectivity index (χ0v) is 18.2. The van der Waals surface area contributed by atoms with Crippen molar-refractivity contribution in [2.24, 2.45) is 5.92 Å². The smallest absolute Gasteiger partial charge is 0.309 e. The summed E-state index contributed by atoms with van der Waals surface area (Å²) in [5.74, 6) is -0.549. The lowest BCUT2D eigenvalue weighted by atomic mass is 9.96. The lowest BCUT2D eigenvalue weighted by Gasteiger charge is -2.31. The molecule has 162 valence electrons. The van der Waals surface area contributed by atoms with Gasteiger partial charge in [0.15, 0.2) is 0 Å². The maximum atomic E-state index is 13.6. The summed E-state index contributed by atoms with van der Waals surface area (Å²) in [5, 5.41) is 1.85. The minimum Gasteiger partial charge on any atom is -0.466 e. The van der Waals surface area contributed by atoms with E-state index < -0.39 is 0 Å². The van der Waals surface area contributed by atoms with Crippen molar-refractivity contribution in [3.63, 3.8) is 0 Å². The van der Waals surface area contributed by atoms with Crippen LogP contribution in [0.4, 0.5) is 4.39 Å². The second-order valence-electron chi connectivity index (χ2n) is 7.62. The Kier molecular flexibility index (Phi) is 6.61. The van der Waals surface area contributed by atoms with E-state index in [2.05, 4.69) is 4.98 Å². The molecule has 0 atom stereocenters. The van der Waals surface area contributed by atoms with Crippen molar-refractivity contribution in [3.8, 4) is 0 Å². The van der Waals surface area contributed by atoms with Gasteiger partial charge in [0.25, 0.3) is 0 Å². The molecule has 1 amide bonds. The van der Waals surface area contributed by atoms with Crippen molar-refractivity contribution < 1.29 is 18.7 Å². The number of halogens is 1. The van der Waals surface area contributed by atoms with E-state index >= 15 is 0 Å². The molecule has 5 nitrogen and oxygen atoms in total. The van der Waals surface area contributed by atoms with E-state index in [9.17, 15) is 14.0 Å². The highest BCUT2D eigenvalue weighted by molar-refractivity contribution is 7.99. The van der Waals surface area contributed by atoms with Crippen LogP contribution in [-0.2, 0) is 20.7 Å². The molecular weight excluding hydrogens is 415 g/mol. The minimum absolute atomic E-state index is 0.0353. The van der Waals surface area contributed by atoms with Gasteiger partial charge in [-0.25, -0.2) is 4.39 Å². The third-order valence-electron chi connectivity index (χ3n) is 5.59. The quantitative estimate of drug-likeness (QED) is 0.559. The summed E-state index contributed by atoms with van der Waals surface area (Å²) in [6.07, 6.45) is 1.51. The third kappa shape index (κ3) is 4.93. The first-order valence-corrected chi connectivity index (χ1v) is 11.3. The molecule has 2 aromatic carbocycles. The second-order valence-corrected chi connectivity index (χ2v) is 8.71. The van der Waals surface area contributed by atoms with Crippen LogP contribution >= 0.6 is 11.8 Å². The average Bonchev–Trinajstić information content (AvgIpc) is 3.11. The summed E-state index contributed by atoms with van der Waals surface area (Å²) in [6, 6.07) is 14.3. The molecule has 0 aliphatic carbocycles. The minimum atomic E-state index is -0.289. The van der Waals surface area contributed by atoms with Crippen LogP contribution in [-0.4, -0.2) is 41.5 Å². The Hall–Kier alpha value is -2.80. The number of fused-ring (bicyclic) bond motifs is 1. The largest absolute Gasteiger partial charge is 0.466 e. The number of aromatic nitrogens is 1. The first-order chi connectivity index (χ1) is 15.0. The number of H-pyrrole nitrogens is 1. The molecule has 1 aliphatic heterocycles. The maximum Gasteiger partial charge on any atom is 0.309 e. The molecule has 4 rings (SSSR count). The van der Waals surface area contributed by atoms with Gasteiger partial charge in [-0.2, -0.15) is 0 Å². The van der Waals surface area contributed by atoms with Gasteiger partial charge in [0.2, 0.25) is 5.91 Å². The topological polar surface area (TPSA) is 62.4 Å². The molecule has 0 saturated carbocycles. The van der Waals surface area contributed by atoms with Crippen LogP contribution in [0.2, 0.25) is 0 Å². The van der Waals surface area contributed by atoms with Gasteiger partial charge >= 0.3 is 5.97 Å². The number of carbonyl (C=O) groups is 2.